The lowest BCUT2D eigenvalue weighted by molar-refractivity contribution is -0.119. The van der Waals surface area contributed by atoms with Crippen molar-refractivity contribution in [1.29, 1.82) is 0 Å². The molecule has 0 spiro atoms. The maximum Gasteiger partial charge on any atom is 0.217 e. The second-order valence-electron chi connectivity index (χ2n) is 2.68. The monoisotopic (exact) mass is 160 g/mol. The molecule has 10 heavy (non-hydrogen) atoms. The quantitative estimate of drug-likeness (QED) is 0.547. The van der Waals surface area contributed by atoms with Gasteiger partial charge in [-0.05, 0) is 6.42 Å². The van der Waals surface area contributed by atoms with Crippen LogP contribution in [0.4, 0.5) is 0 Å². The van der Waals surface area contributed by atoms with E-state index < -0.39 is 0 Å². The van der Waals surface area contributed by atoms with Gasteiger partial charge < -0.3 is 5.32 Å². The van der Waals surface area contributed by atoms with Crippen molar-refractivity contribution in [2.45, 2.75) is 19.4 Å². The Balaban J connectivity index is 2.24. The van der Waals surface area contributed by atoms with Crippen LogP contribution in [0.25, 0.3) is 0 Å². The summed E-state index contributed by atoms with van der Waals surface area (Å²) < 4.78 is 2.14. The van der Waals surface area contributed by atoms with Crippen molar-refractivity contribution in [3.05, 3.63) is 0 Å². The molecule has 1 fully saturated rings. The van der Waals surface area contributed by atoms with Crippen LogP contribution in [0.5, 0.6) is 0 Å². The SMILES string of the molecule is CC(=O)NC1CCN(P)C1. The summed E-state index contributed by atoms with van der Waals surface area (Å²) in [7, 11) is 2.64. The van der Waals surface area contributed by atoms with Crippen LogP contribution >= 0.6 is 9.39 Å². The number of carbonyl (C=O) groups excluding carboxylic acids is 1. The molecule has 2 atom stereocenters. The lowest BCUT2D eigenvalue weighted by Crippen LogP contribution is -2.34. The molecular formula is C6H13N2OP. The van der Waals surface area contributed by atoms with Gasteiger partial charge in [0.2, 0.25) is 5.91 Å². The molecule has 2 unspecified atom stereocenters. The zero-order valence-corrected chi connectivity index (χ0v) is 7.29. The number of hydrogen-bond acceptors (Lipinski definition) is 2. The molecule has 1 aliphatic heterocycles. The highest BCUT2D eigenvalue weighted by Gasteiger charge is 2.19. The van der Waals surface area contributed by atoms with E-state index in [1.807, 2.05) is 0 Å². The van der Waals surface area contributed by atoms with Crippen LogP contribution in [0, 0.1) is 0 Å². The standard InChI is InChI=1S/C6H13N2OP/c1-5(9)7-6-2-3-8(10)4-6/h6H,2-4,10H2,1H3,(H,7,9). The Morgan fingerprint density at radius 1 is 1.80 bits per heavy atom. The van der Waals surface area contributed by atoms with E-state index in [9.17, 15) is 4.79 Å². The Labute approximate surface area is 63.4 Å². The van der Waals surface area contributed by atoms with Crippen molar-refractivity contribution in [3.63, 3.8) is 0 Å². The van der Waals surface area contributed by atoms with Gasteiger partial charge in [-0.1, -0.05) is 9.39 Å². The first-order valence-electron chi connectivity index (χ1n) is 3.45. The minimum Gasteiger partial charge on any atom is -0.352 e. The van der Waals surface area contributed by atoms with Crippen molar-refractivity contribution in [1.82, 2.24) is 9.99 Å². The average molecular weight is 160 g/mol. The predicted molar refractivity (Wildman–Crippen MR) is 43.5 cm³/mol. The first kappa shape index (κ1) is 7.96. The van der Waals surface area contributed by atoms with Gasteiger partial charge in [0, 0.05) is 26.1 Å². The van der Waals surface area contributed by atoms with Gasteiger partial charge in [0.25, 0.3) is 0 Å². The zero-order valence-electron chi connectivity index (χ0n) is 6.13. The molecule has 58 valence electrons. The molecule has 0 aromatic heterocycles. The predicted octanol–water partition coefficient (Wildman–Crippen LogP) is -0.0131. The van der Waals surface area contributed by atoms with Gasteiger partial charge in [0.1, 0.15) is 0 Å². The lowest BCUT2D eigenvalue weighted by atomic mass is 10.3. The van der Waals surface area contributed by atoms with Gasteiger partial charge in [-0.25, -0.2) is 0 Å². The summed E-state index contributed by atoms with van der Waals surface area (Å²) in [5, 5.41) is 2.88. The molecule has 0 saturated carbocycles. The molecule has 1 rings (SSSR count). The third-order valence-electron chi connectivity index (χ3n) is 1.63. The first-order chi connectivity index (χ1) is 4.68. The van der Waals surface area contributed by atoms with Crippen molar-refractivity contribution >= 4 is 15.3 Å². The van der Waals surface area contributed by atoms with E-state index in [2.05, 4.69) is 19.4 Å². The number of carbonyl (C=O) groups is 1. The highest BCUT2D eigenvalue weighted by Crippen LogP contribution is 2.12. The molecule has 0 aromatic rings. The van der Waals surface area contributed by atoms with E-state index in [1.165, 1.54) is 0 Å². The molecule has 0 aromatic carbocycles. The van der Waals surface area contributed by atoms with Crippen LogP contribution < -0.4 is 5.32 Å². The van der Waals surface area contributed by atoms with E-state index in [1.54, 1.807) is 6.92 Å². The van der Waals surface area contributed by atoms with Crippen LogP contribution in [-0.4, -0.2) is 29.7 Å². The molecule has 4 heteroatoms. The van der Waals surface area contributed by atoms with Gasteiger partial charge in [-0.2, -0.15) is 0 Å². The maximum absolute atomic E-state index is 10.6. The lowest BCUT2D eigenvalue weighted by Gasteiger charge is -2.09. The fraction of sp³-hybridized carbons (Fsp3) is 0.833. The third-order valence-corrected chi connectivity index (χ3v) is 2.10. The average Bonchev–Trinajstić information content (AvgIpc) is 2.13. The van der Waals surface area contributed by atoms with Crippen molar-refractivity contribution in [3.8, 4) is 0 Å². The van der Waals surface area contributed by atoms with Crippen molar-refractivity contribution < 1.29 is 4.79 Å². The van der Waals surface area contributed by atoms with Gasteiger partial charge >= 0.3 is 0 Å². The van der Waals surface area contributed by atoms with Gasteiger partial charge in [0.05, 0.1) is 0 Å². The van der Waals surface area contributed by atoms with Gasteiger partial charge in [-0.3, -0.25) is 9.46 Å². The van der Waals surface area contributed by atoms with Gasteiger partial charge in [0.15, 0.2) is 0 Å². The summed E-state index contributed by atoms with van der Waals surface area (Å²) >= 11 is 0. The van der Waals surface area contributed by atoms with Crippen LogP contribution in [0.15, 0.2) is 0 Å². The largest absolute Gasteiger partial charge is 0.352 e. The topological polar surface area (TPSA) is 32.3 Å². The van der Waals surface area contributed by atoms with E-state index in [-0.39, 0.29) is 5.91 Å². The summed E-state index contributed by atoms with van der Waals surface area (Å²) in [6.45, 7) is 3.59. The first-order valence-corrected chi connectivity index (χ1v) is 3.97. The molecule has 1 amide bonds. The fourth-order valence-corrected chi connectivity index (χ4v) is 1.60. The molecule has 0 aliphatic carbocycles. The molecule has 1 N–H and O–H groups in total. The highest BCUT2D eigenvalue weighted by atomic mass is 31.0. The highest BCUT2D eigenvalue weighted by molar-refractivity contribution is 7.13. The van der Waals surface area contributed by atoms with Gasteiger partial charge in [-0.15, -0.1) is 0 Å². The Hall–Kier alpha value is -0.140. The number of nitrogens with zero attached hydrogens (tertiary/aromatic N) is 1. The summed E-state index contributed by atoms with van der Waals surface area (Å²) in [5.74, 6) is 0.0744. The number of nitrogens with one attached hydrogen (secondary N) is 1. The van der Waals surface area contributed by atoms with E-state index in [0.29, 0.717) is 6.04 Å². The van der Waals surface area contributed by atoms with E-state index in [0.717, 1.165) is 19.5 Å². The molecular weight excluding hydrogens is 147 g/mol. The van der Waals surface area contributed by atoms with Crippen LogP contribution in [0.2, 0.25) is 0 Å². The molecule has 3 nitrogen and oxygen atoms in total. The molecule has 0 bridgehead atoms. The second kappa shape index (κ2) is 3.31. The maximum atomic E-state index is 10.6. The molecule has 0 radical (unpaired) electrons. The van der Waals surface area contributed by atoms with E-state index in [4.69, 9.17) is 0 Å². The third kappa shape index (κ3) is 2.24. The Morgan fingerprint density at radius 2 is 2.50 bits per heavy atom. The molecule has 1 heterocycles. The number of amides is 1. The number of hydrogen-bond donors (Lipinski definition) is 1. The Kier molecular flexibility index (Phi) is 2.64. The summed E-state index contributed by atoms with van der Waals surface area (Å²) in [4.78, 5) is 10.6. The minimum atomic E-state index is 0.0744. The molecule has 1 aliphatic rings. The normalized spacial score (nSPS) is 26.8. The smallest absolute Gasteiger partial charge is 0.217 e. The van der Waals surface area contributed by atoms with Crippen molar-refractivity contribution in [2.75, 3.05) is 13.1 Å². The van der Waals surface area contributed by atoms with Crippen LogP contribution in [0.1, 0.15) is 13.3 Å². The Bertz CT molecular complexity index is 140. The summed E-state index contributed by atoms with van der Waals surface area (Å²) in [6.07, 6.45) is 1.07. The van der Waals surface area contributed by atoms with Crippen molar-refractivity contribution in [2.24, 2.45) is 0 Å². The van der Waals surface area contributed by atoms with Crippen LogP contribution in [0.3, 0.4) is 0 Å². The summed E-state index contributed by atoms with van der Waals surface area (Å²) in [6, 6.07) is 0.370. The minimum absolute atomic E-state index is 0.0744. The Morgan fingerprint density at radius 3 is 2.90 bits per heavy atom. The van der Waals surface area contributed by atoms with Crippen LogP contribution in [-0.2, 0) is 4.79 Å². The number of rotatable bonds is 1. The zero-order chi connectivity index (χ0) is 7.56. The van der Waals surface area contributed by atoms with E-state index >= 15 is 0 Å². The summed E-state index contributed by atoms with van der Waals surface area (Å²) in [5.41, 5.74) is 0. The fourth-order valence-electron chi connectivity index (χ4n) is 1.19. The second-order valence-corrected chi connectivity index (χ2v) is 3.41. The molecule has 1 saturated heterocycles.